The van der Waals surface area contributed by atoms with Gasteiger partial charge < -0.3 is 10.1 Å². The Balaban J connectivity index is 1.92. The van der Waals surface area contributed by atoms with Gasteiger partial charge in [0.15, 0.2) is 0 Å². The highest BCUT2D eigenvalue weighted by Gasteiger charge is 2.21. The van der Waals surface area contributed by atoms with Crippen molar-refractivity contribution in [2.45, 2.75) is 19.3 Å². The number of hydrogen-bond acceptors (Lipinski definition) is 2. The molecule has 1 fully saturated rings. The van der Waals surface area contributed by atoms with Crippen LogP contribution < -0.4 is 10.1 Å². The molecule has 2 rings (SSSR count). The standard InChI is InChI=1S/C13H16FNO2/c1-17-10-4-5-11(12(14)8-10)13(16)15-7-6-9-2-3-9/h4-5,8-9H,2-3,6-7H2,1H3,(H,15,16). The number of methoxy groups -OCH3 is 1. The van der Waals surface area contributed by atoms with Crippen LogP contribution in [0.15, 0.2) is 18.2 Å². The van der Waals surface area contributed by atoms with Gasteiger partial charge in [-0.1, -0.05) is 12.8 Å². The van der Waals surface area contributed by atoms with Gasteiger partial charge in [0, 0.05) is 12.6 Å². The Morgan fingerprint density at radius 3 is 2.88 bits per heavy atom. The number of ether oxygens (including phenoxy) is 1. The number of carbonyl (C=O) groups excluding carboxylic acids is 1. The summed E-state index contributed by atoms with van der Waals surface area (Å²) in [6.07, 6.45) is 3.50. The Labute approximate surface area is 100.0 Å². The van der Waals surface area contributed by atoms with E-state index in [4.69, 9.17) is 4.74 Å². The molecule has 0 spiro atoms. The fraction of sp³-hybridized carbons (Fsp3) is 0.462. The van der Waals surface area contributed by atoms with Crippen LogP contribution in [0.4, 0.5) is 4.39 Å². The lowest BCUT2D eigenvalue weighted by Gasteiger charge is -2.06. The molecule has 4 heteroatoms. The maximum absolute atomic E-state index is 13.5. The normalized spacial score (nSPS) is 14.5. The number of nitrogens with one attached hydrogen (secondary N) is 1. The average Bonchev–Trinajstić information content (AvgIpc) is 3.12. The van der Waals surface area contributed by atoms with E-state index < -0.39 is 5.82 Å². The van der Waals surface area contributed by atoms with Crippen molar-refractivity contribution >= 4 is 5.91 Å². The third kappa shape index (κ3) is 3.19. The number of carbonyl (C=O) groups is 1. The summed E-state index contributed by atoms with van der Waals surface area (Å²) in [6.45, 7) is 0.620. The van der Waals surface area contributed by atoms with Crippen molar-refractivity contribution in [3.05, 3.63) is 29.6 Å². The predicted octanol–water partition coefficient (Wildman–Crippen LogP) is 2.36. The summed E-state index contributed by atoms with van der Waals surface area (Å²) in [5.74, 6) is 0.270. The minimum Gasteiger partial charge on any atom is -0.497 e. The van der Waals surface area contributed by atoms with E-state index >= 15 is 0 Å². The first-order valence-corrected chi connectivity index (χ1v) is 5.82. The molecule has 0 unspecified atom stereocenters. The first-order chi connectivity index (χ1) is 8.20. The Bertz CT molecular complexity index is 416. The summed E-state index contributed by atoms with van der Waals surface area (Å²) >= 11 is 0. The molecule has 0 radical (unpaired) electrons. The van der Waals surface area contributed by atoms with E-state index in [1.165, 1.54) is 32.1 Å². The van der Waals surface area contributed by atoms with Gasteiger partial charge in [-0.2, -0.15) is 0 Å². The van der Waals surface area contributed by atoms with Crippen LogP contribution in [0.2, 0.25) is 0 Å². The zero-order valence-corrected chi connectivity index (χ0v) is 9.83. The van der Waals surface area contributed by atoms with Crippen LogP contribution in [-0.4, -0.2) is 19.6 Å². The maximum Gasteiger partial charge on any atom is 0.254 e. The summed E-state index contributed by atoms with van der Waals surface area (Å²) < 4.78 is 18.4. The van der Waals surface area contributed by atoms with Crippen molar-refractivity contribution in [1.29, 1.82) is 0 Å². The Kier molecular flexibility index (Phi) is 3.61. The SMILES string of the molecule is COc1ccc(C(=O)NCCC2CC2)c(F)c1. The average molecular weight is 237 g/mol. The lowest BCUT2D eigenvalue weighted by Crippen LogP contribution is -2.25. The van der Waals surface area contributed by atoms with Gasteiger partial charge in [-0.25, -0.2) is 4.39 Å². The lowest BCUT2D eigenvalue weighted by atomic mass is 10.2. The van der Waals surface area contributed by atoms with Crippen molar-refractivity contribution in [3.8, 4) is 5.75 Å². The van der Waals surface area contributed by atoms with E-state index in [-0.39, 0.29) is 11.5 Å². The molecule has 3 nitrogen and oxygen atoms in total. The van der Waals surface area contributed by atoms with Gasteiger partial charge in [0.2, 0.25) is 0 Å². The summed E-state index contributed by atoms with van der Waals surface area (Å²) in [4.78, 5) is 11.7. The molecule has 1 aromatic rings. The fourth-order valence-electron chi connectivity index (χ4n) is 1.70. The van der Waals surface area contributed by atoms with Gasteiger partial charge >= 0.3 is 0 Å². The van der Waals surface area contributed by atoms with Gasteiger partial charge in [0.1, 0.15) is 11.6 Å². The van der Waals surface area contributed by atoms with Crippen LogP contribution in [-0.2, 0) is 0 Å². The Morgan fingerprint density at radius 2 is 2.29 bits per heavy atom. The molecule has 1 aliphatic carbocycles. The van der Waals surface area contributed by atoms with Crippen LogP contribution >= 0.6 is 0 Å². The van der Waals surface area contributed by atoms with Crippen molar-refractivity contribution in [1.82, 2.24) is 5.32 Å². The monoisotopic (exact) mass is 237 g/mol. The quantitative estimate of drug-likeness (QED) is 0.853. The van der Waals surface area contributed by atoms with Crippen molar-refractivity contribution in [2.75, 3.05) is 13.7 Å². The molecule has 0 aromatic heterocycles. The van der Waals surface area contributed by atoms with E-state index in [9.17, 15) is 9.18 Å². The number of hydrogen-bond donors (Lipinski definition) is 1. The molecule has 0 atom stereocenters. The number of rotatable bonds is 5. The predicted molar refractivity (Wildman–Crippen MR) is 62.6 cm³/mol. The Hall–Kier alpha value is -1.58. The minimum absolute atomic E-state index is 0.0709. The van der Waals surface area contributed by atoms with Crippen molar-refractivity contribution in [3.63, 3.8) is 0 Å². The minimum atomic E-state index is -0.548. The van der Waals surface area contributed by atoms with E-state index in [2.05, 4.69) is 5.32 Å². The molecule has 1 saturated carbocycles. The second kappa shape index (κ2) is 5.17. The van der Waals surface area contributed by atoms with E-state index in [0.29, 0.717) is 12.3 Å². The van der Waals surface area contributed by atoms with Gasteiger partial charge in [-0.15, -0.1) is 0 Å². The highest BCUT2D eigenvalue weighted by atomic mass is 19.1. The van der Waals surface area contributed by atoms with Crippen LogP contribution in [0, 0.1) is 11.7 Å². The molecule has 0 bridgehead atoms. The molecular weight excluding hydrogens is 221 g/mol. The molecule has 1 aliphatic rings. The van der Waals surface area contributed by atoms with Gasteiger partial charge in [-0.3, -0.25) is 4.79 Å². The first-order valence-electron chi connectivity index (χ1n) is 5.82. The summed E-state index contributed by atoms with van der Waals surface area (Å²) in [7, 11) is 1.46. The molecule has 0 aliphatic heterocycles. The molecular formula is C13H16FNO2. The molecule has 0 saturated heterocycles. The highest BCUT2D eigenvalue weighted by Crippen LogP contribution is 2.31. The zero-order chi connectivity index (χ0) is 12.3. The van der Waals surface area contributed by atoms with Gasteiger partial charge in [-0.05, 0) is 24.5 Å². The van der Waals surface area contributed by atoms with E-state index in [1.54, 1.807) is 6.07 Å². The third-order valence-electron chi connectivity index (χ3n) is 2.96. The van der Waals surface area contributed by atoms with Crippen LogP contribution in [0.5, 0.6) is 5.75 Å². The molecule has 1 amide bonds. The summed E-state index contributed by atoms with van der Waals surface area (Å²) in [5, 5.41) is 2.73. The lowest BCUT2D eigenvalue weighted by molar-refractivity contribution is 0.0948. The van der Waals surface area contributed by atoms with Gasteiger partial charge in [0.05, 0.1) is 12.7 Å². The smallest absolute Gasteiger partial charge is 0.254 e. The summed E-state index contributed by atoms with van der Waals surface area (Å²) in [5.41, 5.74) is 0.0709. The number of benzene rings is 1. The van der Waals surface area contributed by atoms with Crippen molar-refractivity contribution in [2.24, 2.45) is 5.92 Å². The molecule has 1 N–H and O–H groups in total. The molecule has 0 heterocycles. The van der Waals surface area contributed by atoms with Crippen molar-refractivity contribution < 1.29 is 13.9 Å². The fourth-order valence-corrected chi connectivity index (χ4v) is 1.70. The van der Waals surface area contributed by atoms with Gasteiger partial charge in [0.25, 0.3) is 5.91 Å². The molecule has 1 aromatic carbocycles. The first kappa shape index (κ1) is 11.9. The number of halogens is 1. The largest absolute Gasteiger partial charge is 0.497 e. The highest BCUT2D eigenvalue weighted by molar-refractivity contribution is 5.94. The summed E-state index contributed by atoms with van der Waals surface area (Å²) in [6, 6.07) is 4.25. The topological polar surface area (TPSA) is 38.3 Å². The molecule has 92 valence electrons. The molecule has 17 heavy (non-hydrogen) atoms. The maximum atomic E-state index is 13.5. The van der Waals surface area contributed by atoms with E-state index in [0.717, 1.165) is 12.3 Å². The Morgan fingerprint density at radius 1 is 1.53 bits per heavy atom. The van der Waals surface area contributed by atoms with Crippen LogP contribution in [0.25, 0.3) is 0 Å². The zero-order valence-electron chi connectivity index (χ0n) is 9.83. The van der Waals surface area contributed by atoms with E-state index in [1.807, 2.05) is 0 Å². The third-order valence-corrected chi connectivity index (χ3v) is 2.96. The second-order valence-electron chi connectivity index (χ2n) is 4.33. The number of amides is 1. The second-order valence-corrected chi connectivity index (χ2v) is 4.33. The van der Waals surface area contributed by atoms with Crippen LogP contribution in [0.3, 0.4) is 0 Å². The van der Waals surface area contributed by atoms with Crippen LogP contribution in [0.1, 0.15) is 29.6 Å².